The van der Waals surface area contributed by atoms with Gasteiger partial charge in [0.15, 0.2) is 11.6 Å². The van der Waals surface area contributed by atoms with E-state index in [9.17, 15) is 4.39 Å². The lowest BCUT2D eigenvalue weighted by atomic mass is 10.3. The van der Waals surface area contributed by atoms with Crippen molar-refractivity contribution in [1.82, 2.24) is 9.36 Å². The molecule has 0 saturated heterocycles. The number of nitrogens with zero attached hydrogens (tertiary/aromatic N) is 2. The second-order valence-electron chi connectivity index (χ2n) is 2.45. The second kappa shape index (κ2) is 3.59. The fourth-order valence-corrected chi connectivity index (χ4v) is 1.26. The highest BCUT2D eigenvalue weighted by Crippen LogP contribution is 2.23. The number of aromatic nitrogens is 2. The molecular formula is C8H6FN3OS. The first kappa shape index (κ1) is 8.89. The predicted octanol–water partition coefficient (Wildman–Crippen LogP) is 2.05. The van der Waals surface area contributed by atoms with Crippen LogP contribution in [-0.4, -0.2) is 9.36 Å². The highest BCUT2D eigenvalue weighted by Gasteiger charge is 2.06. The van der Waals surface area contributed by atoms with Crippen LogP contribution in [0.4, 0.5) is 9.52 Å². The molecule has 1 heterocycles. The van der Waals surface area contributed by atoms with Crippen LogP contribution in [-0.2, 0) is 0 Å². The standard InChI is InChI=1S/C8H6FN3OS/c9-5-3-1-2-4-6(5)13-8-11-7(10)14-12-8/h1-4H,(H2,10,11,12). The number of nitrogens with two attached hydrogens (primary N) is 1. The molecule has 0 radical (unpaired) electrons. The van der Waals surface area contributed by atoms with Gasteiger partial charge in [-0.2, -0.15) is 4.98 Å². The molecule has 2 aromatic rings. The molecule has 0 fully saturated rings. The Balaban J connectivity index is 2.23. The average Bonchev–Trinajstić information content (AvgIpc) is 2.56. The summed E-state index contributed by atoms with van der Waals surface area (Å²) < 4.78 is 21.9. The molecule has 1 aromatic heterocycles. The number of nitrogen functional groups attached to an aromatic ring is 1. The van der Waals surface area contributed by atoms with E-state index >= 15 is 0 Å². The van der Waals surface area contributed by atoms with Gasteiger partial charge >= 0.3 is 6.01 Å². The SMILES string of the molecule is Nc1nc(Oc2ccccc2F)ns1. The van der Waals surface area contributed by atoms with Crippen molar-refractivity contribution in [2.75, 3.05) is 5.73 Å². The van der Waals surface area contributed by atoms with E-state index in [-0.39, 0.29) is 16.9 Å². The maximum atomic E-state index is 13.1. The van der Waals surface area contributed by atoms with Gasteiger partial charge in [-0.1, -0.05) is 12.1 Å². The summed E-state index contributed by atoms with van der Waals surface area (Å²) >= 11 is 0.999. The molecule has 0 atom stereocenters. The summed E-state index contributed by atoms with van der Waals surface area (Å²) in [6.45, 7) is 0. The molecule has 4 nitrogen and oxygen atoms in total. The van der Waals surface area contributed by atoms with E-state index in [0.29, 0.717) is 0 Å². The van der Waals surface area contributed by atoms with Crippen molar-refractivity contribution in [3.63, 3.8) is 0 Å². The van der Waals surface area contributed by atoms with Crippen molar-refractivity contribution in [3.05, 3.63) is 30.1 Å². The molecule has 2 N–H and O–H groups in total. The lowest BCUT2D eigenvalue weighted by molar-refractivity contribution is 0.417. The Bertz CT molecular complexity index is 446. The van der Waals surface area contributed by atoms with Crippen LogP contribution in [0.2, 0.25) is 0 Å². The van der Waals surface area contributed by atoms with Gasteiger partial charge in [0.25, 0.3) is 0 Å². The van der Waals surface area contributed by atoms with E-state index < -0.39 is 5.82 Å². The summed E-state index contributed by atoms with van der Waals surface area (Å²) in [5, 5.41) is 0.288. The van der Waals surface area contributed by atoms with Gasteiger partial charge < -0.3 is 10.5 Å². The van der Waals surface area contributed by atoms with Crippen molar-refractivity contribution in [2.24, 2.45) is 0 Å². The van der Waals surface area contributed by atoms with Gasteiger partial charge in [-0.3, -0.25) is 0 Å². The van der Waals surface area contributed by atoms with E-state index in [2.05, 4.69) is 9.36 Å². The van der Waals surface area contributed by atoms with Crippen LogP contribution in [0.5, 0.6) is 11.8 Å². The number of ether oxygens (including phenoxy) is 1. The third kappa shape index (κ3) is 1.80. The van der Waals surface area contributed by atoms with E-state index in [0.717, 1.165) is 11.5 Å². The first-order valence-corrected chi connectivity index (χ1v) is 4.54. The van der Waals surface area contributed by atoms with Crippen molar-refractivity contribution in [3.8, 4) is 11.8 Å². The zero-order valence-electron chi connectivity index (χ0n) is 6.98. The minimum atomic E-state index is -0.458. The van der Waals surface area contributed by atoms with Crippen molar-refractivity contribution >= 4 is 16.7 Å². The number of hydrogen-bond donors (Lipinski definition) is 1. The number of para-hydroxylation sites is 1. The molecule has 72 valence electrons. The lowest BCUT2D eigenvalue weighted by Gasteiger charge is -2.00. The number of rotatable bonds is 2. The second-order valence-corrected chi connectivity index (χ2v) is 3.23. The Morgan fingerprint density at radius 2 is 2.14 bits per heavy atom. The molecule has 0 unspecified atom stereocenters. The molecule has 0 aliphatic carbocycles. The molecule has 0 spiro atoms. The van der Waals surface area contributed by atoms with Gasteiger partial charge in [0, 0.05) is 11.5 Å². The first-order valence-electron chi connectivity index (χ1n) is 3.77. The van der Waals surface area contributed by atoms with E-state index in [4.69, 9.17) is 10.5 Å². The van der Waals surface area contributed by atoms with Crippen LogP contribution in [0.3, 0.4) is 0 Å². The summed E-state index contributed by atoms with van der Waals surface area (Å²) in [6.07, 6.45) is 0. The minimum absolute atomic E-state index is 0.0672. The Morgan fingerprint density at radius 1 is 1.36 bits per heavy atom. The van der Waals surface area contributed by atoms with Crippen molar-refractivity contribution in [1.29, 1.82) is 0 Å². The Kier molecular flexibility index (Phi) is 2.28. The number of anilines is 1. The van der Waals surface area contributed by atoms with Crippen LogP contribution in [0.25, 0.3) is 0 Å². The van der Waals surface area contributed by atoms with Gasteiger partial charge in [0.1, 0.15) is 0 Å². The first-order chi connectivity index (χ1) is 6.75. The summed E-state index contributed by atoms with van der Waals surface area (Å²) in [5.41, 5.74) is 5.34. The van der Waals surface area contributed by atoms with Crippen molar-refractivity contribution in [2.45, 2.75) is 0 Å². The molecule has 14 heavy (non-hydrogen) atoms. The fourth-order valence-electron chi connectivity index (χ4n) is 0.888. The number of benzene rings is 1. The Hall–Kier alpha value is -1.69. The maximum absolute atomic E-state index is 13.1. The fraction of sp³-hybridized carbons (Fsp3) is 0. The van der Waals surface area contributed by atoms with Gasteiger partial charge in [-0.05, 0) is 12.1 Å². The summed E-state index contributed by atoms with van der Waals surface area (Å²) in [4.78, 5) is 3.74. The van der Waals surface area contributed by atoms with Crippen LogP contribution in [0.15, 0.2) is 24.3 Å². The largest absolute Gasteiger partial charge is 0.420 e. The third-order valence-corrected chi connectivity index (χ3v) is 1.99. The van der Waals surface area contributed by atoms with Gasteiger partial charge in [-0.25, -0.2) is 4.39 Å². The van der Waals surface area contributed by atoms with Gasteiger partial charge in [0.2, 0.25) is 5.13 Å². The topological polar surface area (TPSA) is 61.0 Å². The molecule has 0 saturated carbocycles. The average molecular weight is 211 g/mol. The van der Waals surface area contributed by atoms with Crippen LogP contribution in [0, 0.1) is 5.82 Å². The molecule has 1 aromatic carbocycles. The molecule has 2 rings (SSSR count). The summed E-state index contributed by atoms with van der Waals surface area (Å²) in [6, 6.07) is 6.09. The highest BCUT2D eigenvalue weighted by atomic mass is 32.1. The quantitative estimate of drug-likeness (QED) is 0.825. The predicted molar refractivity (Wildman–Crippen MR) is 50.8 cm³/mol. The van der Waals surface area contributed by atoms with E-state index in [1.165, 1.54) is 12.1 Å². The van der Waals surface area contributed by atoms with Crippen LogP contribution < -0.4 is 10.5 Å². The van der Waals surface area contributed by atoms with Gasteiger partial charge in [0.05, 0.1) is 0 Å². The maximum Gasteiger partial charge on any atom is 0.335 e. The van der Waals surface area contributed by atoms with E-state index in [1.54, 1.807) is 12.1 Å². The van der Waals surface area contributed by atoms with Crippen molar-refractivity contribution < 1.29 is 9.13 Å². The van der Waals surface area contributed by atoms with Crippen LogP contribution >= 0.6 is 11.5 Å². The summed E-state index contributed by atoms with van der Waals surface area (Å²) in [5.74, 6) is -0.369. The molecule has 6 heteroatoms. The molecule has 0 bridgehead atoms. The zero-order valence-corrected chi connectivity index (χ0v) is 7.79. The zero-order chi connectivity index (χ0) is 9.97. The minimum Gasteiger partial charge on any atom is -0.420 e. The highest BCUT2D eigenvalue weighted by molar-refractivity contribution is 7.09. The van der Waals surface area contributed by atoms with Crippen LogP contribution in [0.1, 0.15) is 0 Å². The Labute approximate surface area is 83.3 Å². The molecule has 0 amide bonds. The monoisotopic (exact) mass is 211 g/mol. The number of hydrogen-bond acceptors (Lipinski definition) is 5. The summed E-state index contributed by atoms with van der Waals surface area (Å²) in [7, 11) is 0. The number of halogens is 1. The molecule has 0 aliphatic rings. The lowest BCUT2D eigenvalue weighted by Crippen LogP contribution is -1.89. The smallest absolute Gasteiger partial charge is 0.335 e. The molecular weight excluding hydrogens is 205 g/mol. The third-order valence-electron chi connectivity index (χ3n) is 1.46. The molecule has 0 aliphatic heterocycles. The Morgan fingerprint density at radius 3 is 2.79 bits per heavy atom. The van der Waals surface area contributed by atoms with E-state index in [1.807, 2.05) is 0 Å². The van der Waals surface area contributed by atoms with Gasteiger partial charge in [-0.15, -0.1) is 4.37 Å². The normalized spacial score (nSPS) is 10.1.